The molecule has 54 valence electrons. The predicted octanol–water partition coefficient (Wildman–Crippen LogP) is 2.21. The number of thiophene rings is 1. The first kappa shape index (κ1) is 6.38. The number of hydrogen-bond acceptors (Lipinski definition) is 2. The zero-order valence-corrected chi connectivity index (χ0v) is 6.62. The van der Waals surface area contributed by atoms with Gasteiger partial charge in [-0.05, 0) is 29.9 Å². The van der Waals surface area contributed by atoms with Crippen LogP contribution in [0.1, 0.15) is 16.9 Å². The Labute approximate surface area is 64.6 Å². The van der Waals surface area contributed by atoms with Crippen molar-refractivity contribution < 1.29 is 4.74 Å². The molecule has 1 aromatic rings. The van der Waals surface area contributed by atoms with Crippen LogP contribution >= 0.6 is 11.3 Å². The number of hydrogen-bond donors (Lipinski definition) is 0. The van der Waals surface area contributed by atoms with Crippen LogP contribution in [0.2, 0.25) is 0 Å². The van der Waals surface area contributed by atoms with Gasteiger partial charge in [0, 0.05) is 11.5 Å². The SMILES string of the molecule is c1cc2c(s1)CCCOC2. The molecular weight excluding hydrogens is 144 g/mol. The summed E-state index contributed by atoms with van der Waals surface area (Å²) in [7, 11) is 0. The second-order valence-corrected chi connectivity index (χ2v) is 3.53. The Hall–Kier alpha value is -0.340. The highest BCUT2D eigenvalue weighted by Crippen LogP contribution is 2.21. The van der Waals surface area contributed by atoms with Gasteiger partial charge in [-0.1, -0.05) is 0 Å². The highest BCUT2D eigenvalue weighted by molar-refractivity contribution is 7.10. The predicted molar refractivity (Wildman–Crippen MR) is 42.3 cm³/mol. The largest absolute Gasteiger partial charge is 0.377 e. The van der Waals surface area contributed by atoms with Crippen LogP contribution in [0.25, 0.3) is 0 Å². The van der Waals surface area contributed by atoms with Crippen molar-refractivity contribution in [2.24, 2.45) is 0 Å². The van der Waals surface area contributed by atoms with E-state index in [0.29, 0.717) is 0 Å². The van der Waals surface area contributed by atoms with Crippen LogP contribution in [0, 0.1) is 0 Å². The van der Waals surface area contributed by atoms with E-state index in [2.05, 4.69) is 11.4 Å². The van der Waals surface area contributed by atoms with E-state index in [4.69, 9.17) is 4.74 Å². The molecule has 0 N–H and O–H groups in total. The lowest BCUT2D eigenvalue weighted by Gasteiger charge is -1.94. The molecule has 1 aliphatic rings. The van der Waals surface area contributed by atoms with E-state index in [1.807, 2.05) is 11.3 Å². The third-order valence-corrected chi connectivity index (χ3v) is 2.81. The fraction of sp³-hybridized carbons (Fsp3) is 0.500. The molecule has 0 radical (unpaired) electrons. The molecule has 2 heterocycles. The van der Waals surface area contributed by atoms with Crippen LogP contribution in [0.15, 0.2) is 11.4 Å². The van der Waals surface area contributed by atoms with E-state index in [1.165, 1.54) is 23.3 Å². The summed E-state index contributed by atoms with van der Waals surface area (Å²) in [6.07, 6.45) is 2.40. The first-order valence-corrected chi connectivity index (χ1v) is 4.48. The van der Waals surface area contributed by atoms with Gasteiger partial charge in [0.15, 0.2) is 0 Å². The van der Waals surface area contributed by atoms with Gasteiger partial charge in [0.05, 0.1) is 6.61 Å². The summed E-state index contributed by atoms with van der Waals surface area (Å²) in [5.74, 6) is 0. The van der Waals surface area contributed by atoms with Gasteiger partial charge < -0.3 is 4.74 Å². The van der Waals surface area contributed by atoms with Gasteiger partial charge in [0.1, 0.15) is 0 Å². The zero-order valence-electron chi connectivity index (χ0n) is 5.80. The molecule has 0 aliphatic carbocycles. The Morgan fingerprint density at radius 1 is 1.50 bits per heavy atom. The number of fused-ring (bicyclic) bond motifs is 1. The van der Waals surface area contributed by atoms with E-state index >= 15 is 0 Å². The summed E-state index contributed by atoms with van der Waals surface area (Å²) in [5.41, 5.74) is 1.41. The first-order chi connectivity index (χ1) is 4.97. The van der Waals surface area contributed by atoms with Gasteiger partial charge in [0.2, 0.25) is 0 Å². The minimum atomic E-state index is 0.832. The summed E-state index contributed by atoms with van der Waals surface area (Å²) in [6.45, 7) is 1.76. The normalized spacial score (nSPS) is 18.0. The van der Waals surface area contributed by atoms with Crippen LogP contribution in [-0.2, 0) is 17.8 Å². The lowest BCUT2D eigenvalue weighted by Crippen LogP contribution is -1.88. The molecule has 1 nitrogen and oxygen atoms in total. The molecule has 10 heavy (non-hydrogen) atoms. The van der Waals surface area contributed by atoms with Crippen molar-refractivity contribution in [2.75, 3.05) is 6.61 Å². The summed E-state index contributed by atoms with van der Waals surface area (Å²) >= 11 is 1.86. The Morgan fingerprint density at radius 3 is 3.50 bits per heavy atom. The fourth-order valence-electron chi connectivity index (χ4n) is 1.23. The first-order valence-electron chi connectivity index (χ1n) is 3.60. The highest BCUT2D eigenvalue weighted by atomic mass is 32.1. The van der Waals surface area contributed by atoms with Crippen molar-refractivity contribution in [1.29, 1.82) is 0 Å². The van der Waals surface area contributed by atoms with Gasteiger partial charge in [-0.3, -0.25) is 0 Å². The van der Waals surface area contributed by atoms with Crippen molar-refractivity contribution in [3.63, 3.8) is 0 Å². The van der Waals surface area contributed by atoms with E-state index in [9.17, 15) is 0 Å². The highest BCUT2D eigenvalue weighted by Gasteiger charge is 2.07. The summed E-state index contributed by atoms with van der Waals surface area (Å²) in [6, 6.07) is 2.17. The quantitative estimate of drug-likeness (QED) is 0.556. The molecule has 0 fully saturated rings. The number of aryl methyl sites for hydroxylation is 1. The molecule has 0 saturated carbocycles. The topological polar surface area (TPSA) is 9.23 Å². The molecule has 0 unspecified atom stereocenters. The van der Waals surface area contributed by atoms with Gasteiger partial charge in [0.25, 0.3) is 0 Å². The Bertz CT molecular complexity index is 196. The minimum Gasteiger partial charge on any atom is -0.377 e. The second-order valence-electron chi connectivity index (χ2n) is 2.53. The van der Waals surface area contributed by atoms with Crippen molar-refractivity contribution in [2.45, 2.75) is 19.4 Å². The summed E-state index contributed by atoms with van der Waals surface area (Å²) < 4.78 is 5.39. The maximum absolute atomic E-state index is 5.39. The molecule has 0 amide bonds. The Balaban J connectivity index is 2.28. The smallest absolute Gasteiger partial charge is 0.0727 e. The maximum Gasteiger partial charge on any atom is 0.0727 e. The molecule has 1 aromatic heterocycles. The summed E-state index contributed by atoms with van der Waals surface area (Å²) in [5, 5.41) is 2.15. The molecule has 0 spiro atoms. The molecule has 1 aliphatic heterocycles. The zero-order chi connectivity index (χ0) is 6.81. The lowest BCUT2D eigenvalue weighted by atomic mass is 10.2. The average Bonchev–Trinajstić information content (AvgIpc) is 2.28. The second kappa shape index (κ2) is 2.72. The third kappa shape index (κ3) is 1.09. The molecule has 0 atom stereocenters. The standard InChI is InChI=1S/C8H10OS/c1-2-8-7(3-5-10-8)6-9-4-1/h3,5H,1-2,4,6H2. The third-order valence-electron chi connectivity index (χ3n) is 1.79. The van der Waals surface area contributed by atoms with Crippen LogP contribution in [0.3, 0.4) is 0 Å². The molecule has 0 bridgehead atoms. The lowest BCUT2D eigenvalue weighted by molar-refractivity contribution is 0.125. The van der Waals surface area contributed by atoms with Crippen molar-refractivity contribution in [3.05, 3.63) is 21.9 Å². The average molecular weight is 154 g/mol. The molecule has 0 aromatic carbocycles. The van der Waals surface area contributed by atoms with Gasteiger partial charge >= 0.3 is 0 Å². The Morgan fingerprint density at radius 2 is 2.50 bits per heavy atom. The van der Waals surface area contributed by atoms with Crippen molar-refractivity contribution in [1.82, 2.24) is 0 Å². The monoisotopic (exact) mass is 154 g/mol. The fourth-order valence-corrected chi connectivity index (χ4v) is 2.17. The van der Waals surface area contributed by atoms with E-state index in [-0.39, 0.29) is 0 Å². The van der Waals surface area contributed by atoms with Crippen LogP contribution in [0.4, 0.5) is 0 Å². The van der Waals surface area contributed by atoms with Gasteiger partial charge in [-0.2, -0.15) is 0 Å². The minimum absolute atomic E-state index is 0.832. The van der Waals surface area contributed by atoms with E-state index < -0.39 is 0 Å². The van der Waals surface area contributed by atoms with Gasteiger partial charge in [-0.15, -0.1) is 11.3 Å². The summed E-state index contributed by atoms with van der Waals surface area (Å²) in [4.78, 5) is 1.53. The maximum atomic E-state index is 5.39. The van der Waals surface area contributed by atoms with Crippen LogP contribution in [0.5, 0.6) is 0 Å². The van der Waals surface area contributed by atoms with E-state index in [0.717, 1.165) is 13.2 Å². The molecule has 2 heteroatoms. The Kier molecular flexibility index (Phi) is 1.74. The molecule has 0 saturated heterocycles. The van der Waals surface area contributed by atoms with Crippen molar-refractivity contribution >= 4 is 11.3 Å². The van der Waals surface area contributed by atoms with Gasteiger partial charge in [-0.25, -0.2) is 0 Å². The van der Waals surface area contributed by atoms with Crippen LogP contribution in [-0.4, -0.2) is 6.61 Å². The molecular formula is C8H10OS. The van der Waals surface area contributed by atoms with Crippen LogP contribution < -0.4 is 0 Å². The number of rotatable bonds is 0. The van der Waals surface area contributed by atoms with E-state index in [1.54, 1.807) is 0 Å². The van der Waals surface area contributed by atoms with Crippen molar-refractivity contribution in [3.8, 4) is 0 Å². The number of ether oxygens (including phenoxy) is 1. The molecule has 2 rings (SSSR count).